The summed E-state index contributed by atoms with van der Waals surface area (Å²) >= 11 is 0. The maximum Gasteiger partial charge on any atom is 0.323 e. The van der Waals surface area contributed by atoms with E-state index in [0.29, 0.717) is 6.42 Å². The zero-order chi connectivity index (χ0) is 20.5. The number of unbranched alkanes of at least 4 members (excludes halogenated alkanes) is 5. The fourth-order valence-corrected chi connectivity index (χ4v) is 8.30. The lowest BCUT2D eigenvalue weighted by Crippen LogP contribution is -2.67. The summed E-state index contributed by atoms with van der Waals surface area (Å²) in [5, 5.41) is 2.15. The summed E-state index contributed by atoms with van der Waals surface area (Å²) in [5.74, 6) is -0.0511. The summed E-state index contributed by atoms with van der Waals surface area (Å²) < 4.78 is 6.50. The number of rotatable bonds is 10. The van der Waals surface area contributed by atoms with Crippen molar-refractivity contribution in [3.63, 3.8) is 0 Å². The molecule has 0 saturated heterocycles. The molecule has 0 radical (unpaired) electrons. The first-order chi connectivity index (χ1) is 13.4. The molecule has 0 spiro atoms. The Kier molecular flexibility index (Phi) is 8.50. The monoisotopic (exact) mass is 396 g/mol. The molecule has 0 N–H and O–H groups in total. The van der Waals surface area contributed by atoms with Crippen LogP contribution < -0.4 is 10.4 Å². The minimum absolute atomic E-state index is 0.0511. The van der Waals surface area contributed by atoms with Gasteiger partial charge < -0.3 is 4.43 Å². The molecular formula is C25H36O2Si. The van der Waals surface area contributed by atoms with Gasteiger partial charge in [0.25, 0.3) is 5.97 Å². The summed E-state index contributed by atoms with van der Waals surface area (Å²) in [5.41, 5.74) is 0. The van der Waals surface area contributed by atoms with Crippen molar-refractivity contribution in [2.45, 2.75) is 77.7 Å². The van der Waals surface area contributed by atoms with Crippen LogP contribution in [0.4, 0.5) is 0 Å². The van der Waals surface area contributed by atoms with Crippen molar-refractivity contribution in [1.29, 1.82) is 0 Å². The average molecular weight is 397 g/mol. The lowest BCUT2D eigenvalue weighted by molar-refractivity contribution is -0.135. The highest BCUT2D eigenvalue weighted by atomic mass is 28.4. The SMILES string of the molecule is CCCCCCCCC(=O)O[Si](c1ccccc1)(c1ccccc1)C(C)(C)C. The zero-order valence-corrected chi connectivity index (χ0v) is 19.0. The molecule has 2 aromatic rings. The average Bonchev–Trinajstić information content (AvgIpc) is 2.69. The van der Waals surface area contributed by atoms with Crippen LogP contribution in [0.1, 0.15) is 72.6 Å². The Bertz CT molecular complexity index is 665. The van der Waals surface area contributed by atoms with Gasteiger partial charge in [-0.1, -0.05) is 120 Å². The first-order valence-electron chi connectivity index (χ1n) is 10.7. The Labute approximate surface area is 172 Å². The van der Waals surface area contributed by atoms with Crippen LogP contribution in [0.15, 0.2) is 60.7 Å². The van der Waals surface area contributed by atoms with Crippen LogP contribution in [0.25, 0.3) is 0 Å². The molecule has 0 bridgehead atoms. The summed E-state index contributed by atoms with van der Waals surface area (Å²) in [7, 11) is -2.74. The maximum absolute atomic E-state index is 13.0. The summed E-state index contributed by atoms with van der Waals surface area (Å²) in [6.45, 7) is 8.84. The molecule has 0 aliphatic carbocycles. The first-order valence-corrected chi connectivity index (χ1v) is 12.7. The van der Waals surface area contributed by atoms with E-state index in [9.17, 15) is 4.79 Å². The highest BCUT2D eigenvalue weighted by Gasteiger charge is 2.52. The van der Waals surface area contributed by atoms with Crippen LogP contribution in [0, 0.1) is 0 Å². The fourth-order valence-electron chi connectivity index (χ4n) is 3.92. The number of hydrogen-bond acceptors (Lipinski definition) is 2. The van der Waals surface area contributed by atoms with Gasteiger partial charge in [0.15, 0.2) is 0 Å². The molecule has 2 nitrogen and oxygen atoms in total. The van der Waals surface area contributed by atoms with Gasteiger partial charge in [0, 0.05) is 6.42 Å². The molecule has 0 aromatic heterocycles. The smallest absolute Gasteiger partial charge is 0.323 e. The van der Waals surface area contributed by atoms with E-state index in [1.54, 1.807) is 0 Å². The second-order valence-electron chi connectivity index (χ2n) is 8.66. The molecule has 28 heavy (non-hydrogen) atoms. The Hall–Kier alpha value is -1.87. The minimum atomic E-state index is -2.74. The zero-order valence-electron chi connectivity index (χ0n) is 18.0. The lowest BCUT2D eigenvalue weighted by atomic mass is 10.1. The van der Waals surface area contributed by atoms with E-state index in [4.69, 9.17) is 4.43 Å². The summed E-state index contributed by atoms with van der Waals surface area (Å²) in [6, 6.07) is 20.8. The highest BCUT2D eigenvalue weighted by Crippen LogP contribution is 2.37. The van der Waals surface area contributed by atoms with E-state index in [1.807, 2.05) is 36.4 Å². The molecule has 0 unspecified atom stereocenters. The predicted octanol–water partition coefficient (Wildman–Crippen LogP) is 5.84. The van der Waals surface area contributed by atoms with Gasteiger partial charge in [-0.3, -0.25) is 4.79 Å². The molecule has 0 fully saturated rings. The van der Waals surface area contributed by atoms with Gasteiger partial charge >= 0.3 is 8.32 Å². The summed E-state index contributed by atoms with van der Waals surface area (Å²) in [6.07, 6.45) is 7.54. The van der Waals surface area contributed by atoms with Crippen molar-refractivity contribution in [1.82, 2.24) is 0 Å². The van der Waals surface area contributed by atoms with Gasteiger partial charge in [-0.15, -0.1) is 0 Å². The van der Waals surface area contributed by atoms with Crippen LogP contribution in [-0.2, 0) is 9.22 Å². The molecule has 0 aliphatic heterocycles. The molecule has 3 heteroatoms. The standard InChI is InChI=1S/C25H36O2Si/c1-5-6-7-8-9-16-21-24(26)27-28(25(2,3)4,22-17-12-10-13-18-22)23-19-14-11-15-20-23/h10-15,17-20H,5-9,16,21H2,1-4H3. The third kappa shape index (κ3) is 5.57. The van der Waals surface area contributed by atoms with E-state index < -0.39 is 8.32 Å². The number of hydrogen-bond donors (Lipinski definition) is 0. The van der Waals surface area contributed by atoms with Gasteiger partial charge in [0.05, 0.1) is 0 Å². The predicted molar refractivity (Wildman–Crippen MR) is 122 cm³/mol. The summed E-state index contributed by atoms with van der Waals surface area (Å²) in [4.78, 5) is 13.0. The Morgan fingerprint density at radius 3 is 1.71 bits per heavy atom. The normalized spacial score (nSPS) is 12.0. The van der Waals surface area contributed by atoms with Gasteiger partial charge in [0.1, 0.15) is 0 Å². The van der Waals surface area contributed by atoms with Crippen molar-refractivity contribution in [3.05, 3.63) is 60.7 Å². The van der Waals surface area contributed by atoms with Crippen molar-refractivity contribution in [2.75, 3.05) is 0 Å². The Morgan fingerprint density at radius 2 is 1.25 bits per heavy atom. The third-order valence-electron chi connectivity index (χ3n) is 5.42. The van der Waals surface area contributed by atoms with Gasteiger partial charge in [-0.2, -0.15) is 0 Å². The molecule has 0 amide bonds. The quantitative estimate of drug-likeness (QED) is 0.372. The first kappa shape index (κ1) is 22.4. The van der Waals surface area contributed by atoms with E-state index in [-0.39, 0.29) is 11.0 Å². The van der Waals surface area contributed by atoms with Crippen LogP contribution in [0.5, 0.6) is 0 Å². The molecule has 2 rings (SSSR count). The van der Waals surface area contributed by atoms with E-state index >= 15 is 0 Å². The van der Waals surface area contributed by atoms with E-state index in [0.717, 1.165) is 23.2 Å². The number of benzene rings is 2. The number of carbonyl (C=O) groups excluding carboxylic acids is 1. The number of carbonyl (C=O) groups is 1. The minimum Gasteiger partial charge on any atom is -0.510 e. The maximum atomic E-state index is 13.0. The van der Waals surface area contributed by atoms with E-state index in [2.05, 4.69) is 52.0 Å². The van der Waals surface area contributed by atoms with Crippen LogP contribution in [0.3, 0.4) is 0 Å². The van der Waals surface area contributed by atoms with Crippen molar-refractivity contribution in [3.8, 4) is 0 Å². The van der Waals surface area contributed by atoms with Crippen molar-refractivity contribution in [2.24, 2.45) is 0 Å². The molecule has 0 saturated carbocycles. The second-order valence-corrected chi connectivity index (χ2v) is 12.9. The van der Waals surface area contributed by atoms with E-state index in [1.165, 1.54) is 25.7 Å². The van der Waals surface area contributed by atoms with Gasteiger partial charge in [0.2, 0.25) is 0 Å². The highest BCUT2D eigenvalue weighted by molar-refractivity contribution is 7.00. The Balaban J connectivity index is 2.25. The van der Waals surface area contributed by atoms with Crippen molar-refractivity contribution >= 4 is 24.7 Å². The molecule has 152 valence electrons. The fraction of sp³-hybridized carbons (Fsp3) is 0.480. The van der Waals surface area contributed by atoms with Crippen LogP contribution >= 0.6 is 0 Å². The molecule has 0 aliphatic rings. The van der Waals surface area contributed by atoms with Crippen molar-refractivity contribution < 1.29 is 9.22 Å². The lowest BCUT2D eigenvalue weighted by Gasteiger charge is -2.42. The van der Waals surface area contributed by atoms with Gasteiger partial charge in [-0.25, -0.2) is 0 Å². The molecule has 2 aromatic carbocycles. The van der Waals surface area contributed by atoms with Crippen LogP contribution in [-0.4, -0.2) is 14.3 Å². The third-order valence-corrected chi connectivity index (χ3v) is 10.4. The Morgan fingerprint density at radius 1 is 0.786 bits per heavy atom. The largest absolute Gasteiger partial charge is 0.510 e. The molecule has 0 heterocycles. The molecule has 0 atom stereocenters. The van der Waals surface area contributed by atoms with Crippen LogP contribution in [0.2, 0.25) is 5.04 Å². The van der Waals surface area contributed by atoms with Gasteiger partial charge in [-0.05, 0) is 21.8 Å². The topological polar surface area (TPSA) is 26.3 Å². The second kappa shape index (κ2) is 10.6. The molecular weight excluding hydrogens is 360 g/mol.